The standard InChI is InChI=1S/C20H24N2O2/c1-15-11-12-21-13-19(15)22-20(23)18-10-6-5-7-16(18)14-24-17-8-3-2-4-9-17/h2-10,15,19,21H,11-14H2,1H3,(H,22,23). The van der Waals surface area contributed by atoms with E-state index in [1.807, 2.05) is 54.6 Å². The lowest BCUT2D eigenvalue weighted by Gasteiger charge is -2.30. The Hall–Kier alpha value is -2.33. The van der Waals surface area contributed by atoms with E-state index in [0.717, 1.165) is 30.8 Å². The zero-order chi connectivity index (χ0) is 16.8. The summed E-state index contributed by atoms with van der Waals surface area (Å²) >= 11 is 0. The molecule has 1 amide bonds. The van der Waals surface area contributed by atoms with Gasteiger partial charge in [0.1, 0.15) is 12.4 Å². The summed E-state index contributed by atoms with van der Waals surface area (Å²) in [4.78, 5) is 12.7. The van der Waals surface area contributed by atoms with Gasteiger partial charge in [-0.15, -0.1) is 0 Å². The van der Waals surface area contributed by atoms with Crippen LogP contribution < -0.4 is 15.4 Å². The van der Waals surface area contributed by atoms with Crippen molar-refractivity contribution < 1.29 is 9.53 Å². The molecule has 2 aromatic carbocycles. The highest BCUT2D eigenvalue weighted by molar-refractivity contribution is 5.95. The molecule has 2 unspecified atom stereocenters. The van der Waals surface area contributed by atoms with Crippen LogP contribution in [0.5, 0.6) is 5.75 Å². The van der Waals surface area contributed by atoms with Gasteiger partial charge in [-0.2, -0.15) is 0 Å². The van der Waals surface area contributed by atoms with Crippen molar-refractivity contribution in [2.24, 2.45) is 5.92 Å². The second-order valence-electron chi connectivity index (χ2n) is 6.31. The molecule has 0 aliphatic carbocycles. The van der Waals surface area contributed by atoms with E-state index in [1.165, 1.54) is 0 Å². The van der Waals surface area contributed by atoms with Gasteiger partial charge in [0.25, 0.3) is 5.91 Å². The van der Waals surface area contributed by atoms with Gasteiger partial charge < -0.3 is 15.4 Å². The molecule has 2 atom stereocenters. The molecule has 0 aromatic heterocycles. The van der Waals surface area contributed by atoms with E-state index in [0.29, 0.717) is 18.1 Å². The SMILES string of the molecule is CC1CCNCC1NC(=O)c1ccccc1COc1ccccc1. The van der Waals surface area contributed by atoms with Gasteiger partial charge in [0, 0.05) is 23.7 Å². The van der Waals surface area contributed by atoms with Gasteiger partial charge in [-0.1, -0.05) is 43.3 Å². The summed E-state index contributed by atoms with van der Waals surface area (Å²) in [6.07, 6.45) is 1.09. The molecule has 0 spiro atoms. The summed E-state index contributed by atoms with van der Waals surface area (Å²) < 4.78 is 5.80. The highest BCUT2D eigenvalue weighted by Gasteiger charge is 2.23. The van der Waals surface area contributed by atoms with Crippen LogP contribution in [0.3, 0.4) is 0 Å². The number of hydrogen-bond donors (Lipinski definition) is 2. The average Bonchev–Trinajstić information content (AvgIpc) is 2.63. The van der Waals surface area contributed by atoms with Crippen LogP contribution in [0, 0.1) is 5.92 Å². The normalized spacial score (nSPS) is 20.4. The molecule has 1 aliphatic heterocycles. The van der Waals surface area contributed by atoms with Gasteiger partial charge in [0.2, 0.25) is 0 Å². The number of amides is 1. The van der Waals surface area contributed by atoms with Crippen LogP contribution in [0.25, 0.3) is 0 Å². The number of para-hydroxylation sites is 1. The molecule has 1 aliphatic rings. The van der Waals surface area contributed by atoms with E-state index < -0.39 is 0 Å². The lowest BCUT2D eigenvalue weighted by Crippen LogP contribution is -2.50. The second kappa shape index (κ2) is 7.97. The quantitative estimate of drug-likeness (QED) is 0.889. The molecule has 4 nitrogen and oxygen atoms in total. The van der Waals surface area contributed by atoms with Gasteiger partial charge in [-0.3, -0.25) is 4.79 Å². The molecule has 4 heteroatoms. The van der Waals surface area contributed by atoms with Crippen LogP contribution in [-0.4, -0.2) is 25.0 Å². The summed E-state index contributed by atoms with van der Waals surface area (Å²) in [6, 6.07) is 17.5. The van der Waals surface area contributed by atoms with Gasteiger partial charge in [0.05, 0.1) is 0 Å². The highest BCUT2D eigenvalue weighted by atomic mass is 16.5. The summed E-state index contributed by atoms with van der Waals surface area (Å²) in [5.41, 5.74) is 1.58. The molecule has 1 saturated heterocycles. The Bertz CT molecular complexity index is 672. The van der Waals surface area contributed by atoms with Crippen LogP contribution in [0.2, 0.25) is 0 Å². The third kappa shape index (κ3) is 4.15. The van der Waals surface area contributed by atoms with Crippen molar-refractivity contribution in [3.8, 4) is 5.75 Å². The molecule has 2 N–H and O–H groups in total. The Balaban J connectivity index is 1.67. The zero-order valence-corrected chi connectivity index (χ0v) is 14.0. The maximum absolute atomic E-state index is 12.7. The number of hydrogen-bond acceptors (Lipinski definition) is 3. The molecular formula is C20H24N2O2. The smallest absolute Gasteiger partial charge is 0.251 e. The van der Waals surface area contributed by atoms with Gasteiger partial charge in [-0.25, -0.2) is 0 Å². The van der Waals surface area contributed by atoms with Gasteiger partial charge >= 0.3 is 0 Å². The van der Waals surface area contributed by atoms with Crippen LogP contribution in [0.1, 0.15) is 29.3 Å². The molecule has 0 radical (unpaired) electrons. The number of ether oxygens (including phenoxy) is 1. The Morgan fingerprint density at radius 3 is 2.71 bits per heavy atom. The first kappa shape index (κ1) is 16.5. The zero-order valence-electron chi connectivity index (χ0n) is 14.0. The third-order valence-electron chi connectivity index (χ3n) is 4.54. The predicted molar refractivity (Wildman–Crippen MR) is 95.1 cm³/mol. The molecule has 0 saturated carbocycles. The van der Waals surface area contributed by atoms with E-state index in [2.05, 4.69) is 17.6 Å². The van der Waals surface area contributed by atoms with Crippen molar-refractivity contribution in [1.82, 2.24) is 10.6 Å². The van der Waals surface area contributed by atoms with Crippen LogP contribution >= 0.6 is 0 Å². The molecule has 3 rings (SSSR count). The fourth-order valence-electron chi connectivity index (χ4n) is 2.97. The Labute approximate surface area is 143 Å². The van der Waals surface area contributed by atoms with E-state index in [-0.39, 0.29) is 11.9 Å². The number of carbonyl (C=O) groups is 1. The minimum Gasteiger partial charge on any atom is -0.489 e. The minimum absolute atomic E-state index is 0.0252. The number of benzene rings is 2. The van der Waals surface area contributed by atoms with Crippen molar-refractivity contribution in [1.29, 1.82) is 0 Å². The first-order chi connectivity index (χ1) is 11.7. The van der Waals surface area contributed by atoms with Crippen molar-refractivity contribution in [2.75, 3.05) is 13.1 Å². The van der Waals surface area contributed by atoms with E-state index >= 15 is 0 Å². The first-order valence-corrected chi connectivity index (χ1v) is 8.51. The molecule has 1 heterocycles. The van der Waals surface area contributed by atoms with E-state index in [1.54, 1.807) is 0 Å². The lowest BCUT2D eigenvalue weighted by molar-refractivity contribution is 0.0912. The number of carbonyl (C=O) groups excluding carboxylic acids is 1. The van der Waals surface area contributed by atoms with E-state index in [4.69, 9.17) is 4.74 Å². The minimum atomic E-state index is -0.0252. The molecule has 2 aromatic rings. The van der Waals surface area contributed by atoms with Crippen LogP contribution in [0.15, 0.2) is 54.6 Å². The molecular weight excluding hydrogens is 300 g/mol. The Kier molecular flexibility index (Phi) is 5.49. The fraction of sp³-hybridized carbons (Fsp3) is 0.350. The van der Waals surface area contributed by atoms with Gasteiger partial charge in [0.15, 0.2) is 0 Å². The predicted octanol–water partition coefficient (Wildman–Crippen LogP) is 2.99. The van der Waals surface area contributed by atoms with Crippen molar-refractivity contribution in [3.05, 3.63) is 65.7 Å². The van der Waals surface area contributed by atoms with Crippen molar-refractivity contribution in [2.45, 2.75) is 26.0 Å². The molecule has 1 fully saturated rings. The van der Waals surface area contributed by atoms with Crippen molar-refractivity contribution in [3.63, 3.8) is 0 Å². The molecule has 0 bridgehead atoms. The van der Waals surface area contributed by atoms with Crippen LogP contribution in [-0.2, 0) is 6.61 Å². The monoisotopic (exact) mass is 324 g/mol. The van der Waals surface area contributed by atoms with Crippen LogP contribution in [0.4, 0.5) is 0 Å². The summed E-state index contributed by atoms with van der Waals surface area (Å²) in [5.74, 6) is 1.27. The lowest BCUT2D eigenvalue weighted by atomic mass is 9.94. The second-order valence-corrected chi connectivity index (χ2v) is 6.31. The summed E-state index contributed by atoms with van der Waals surface area (Å²) in [5, 5.41) is 6.51. The van der Waals surface area contributed by atoms with Crippen molar-refractivity contribution >= 4 is 5.91 Å². The summed E-state index contributed by atoms with van der Waals surface area (Å²) in [7, 11) is 0. The third-order valence-corrected chi connectivity index (χ3v) is 4.54. The fourth-order valence-corrected chi connectivity index (χ4v) is 2.97. The number of rotatable bonds is 5. The largest absolute Gasteiger partial charge is 0.489 e. The Morgan fingerprint density at radius 1 is 1.17 bits per heavy atom. The molecule has 126 valence electrons. The summed E-state index contributed by atoms with van der Waals surface area (Å²) in [6.45, 7) is 4.42. The van der Waals surface area contributed by atoms with Gasteiger partial charge in [-0.05, 0) is 37.1 Å². The Morgan fingerprint density at radius 2 is 1.92 bits per heavy atom. The maximum atomic E-state index is 12.7. The highest BCUT2D eigenvalue weighted by Crippen LogP contribution is 2.16. The number of nitrogens with one attached hydrogen (secondary N) is 2. The topological polar surface area (TPSA) is 50.4 Å². The maximum Gasteiger partial charge on any atom is 0.251 e. The number of piperidine rings is 1. The van der Waals surface area contributed by atoms with E-state index in [9.17, 15) is 4.79 Å². The average molecular weight is 324 g/mol. The first-order valence-electron chi connectivity index (χ1n) is 8.51. The molecule has 24 heavy (non-hydrogen) atoms.